The molecule has 2 nitrogen and oxygen atoms in total. The van der Waals surface area contributed by atoms with E-state index in [4.69, 9.17) is 4.74 Å². The second-order valence-electron chi connectivity index (χ2n) is 6.20. The Hall–Kier alpha value is -1.31. The summed E-state index contributed by atoms with van der Waals surface area (Å²) in [7, 11) is 0. The minimum Gasteiger partial charge on any atom is -0.490 e. The lowest BCUT2D eigenvalue weighted by Crippen LogP contribution is -2.30. The Labute approximate surface area is 121 Å². The number of fused-ring (bicyclic) bond motifs is 1. The third-order valence-corrected chi connectivity index (χ3v) is 4.88. The number of hydrogen-bond acceptors (Lipinski definition) is 2. The van der Waals surface area contributed by atoms with Gasteiger partial charge in [-0.2, -0.15) is 0 Å². The summed E-state index contributed by atoms with van der Waals surface area (Å²) in [6, 6.07) is 6.06. The molecule has 1 aromatic rings. The Bertz CT molecular complexity index is 492. The number of benzene rings is 1. The molecule has 0 aliphatic heterocycles. The predicted molar refractivity (Wildman–Crippen MR) is 80.4 cm³/mol. The van der Waals surface area contributed by atoms with Crippen molar-refractivity contribution in [3.63, 3.8) is 0 Å². The number of carbonyl (C=O) groups excluding carboxylic acids is 1. The second kappa shape index (κ2) is 5.99. The van der Waals surface area contributed by atoms with Gasteiger partial charge in [0.25, 0.3) is 0 Å². The van der Waals surface area contributed by atoms with Crippen LogP contribution in [0.4, 0.5) is 0 Å². The first-order valence-electron chi connectivity index (χ1n) is 8.10. The van der Waals surface area contributed by atoms with Gasteiger partial charge in [0.2, 0.25) is 0 Å². The van der Waals surface area contributed by atoms with E-state index in [1.807, 2.05) is 12.1 Å². The summed E-state index contributed by atoms with van der Waals surface area (Å²) in [4.78, 5) is 11.8. The average molecular weight is 272 g/mol. The zero-order valence-corrected chi connectivity index (χ0v) is 12.4. The fourth-order valence-electron chi connectivity index (χ4n) is 3.67. The number of aryl methyl sites for hydroxylation is 1. The van der Waals surface area contributed by atoms with Crippen molar-refractivity contribution < 1.29 is 9.53 Å². The highest BCUT2D eigenvalue weighted by molar-refractivity contribution is 5.98. The van der Waals surface area contributed by atoms with Crippen molar-refractivity contribution in [2.45, 2.75) is 64.4 Å². The zero-order valence-electron chi connectivity index (χ0n) is 12.4. The average Bonchev–Trinajstić information content (AvgIpc) is 2.48. The maximum Gasteiger partial charge on any atom is 0.163 e. The summed E-state index contributed by atoms with van der Waals surface area (Å²) in [5.41, 5.74) is 2.10. The Balaban J connectivity index is 1.76. The van der Waals surface area contributed by atoms with Crippen LogP contribution in [0.25, 0.3) is 0 Å². The molecule has 2 aliphatic rings. The van der Waals surface area contributed by atoms with Gasteiger partial charge in [-0.05, 0) is 68.2 Å². The molecule has 0 N–H and O–H groups in total. The summed E-state index contributed by atoms with van der Waals surface area (Å²) >= 11 is 0. The molecule has 0 radical (unpaired) electrons. The lowest BCUT2D eigenvalue weighted by Gasteiger charge is -2.31. The minimum atomic E-state index is 0.293. The molecule has 2 heteroatoms. The van der Waals surface area contributed by atoms with E-state index in [2.05, 4.69) is 13.0 Å². The van der Waals surface area contributed by atoms with Crippen LogP contribution in [0, 0.1) is 5.92 Å². The van der Waals surface area contributed by atoms with Crippen molar-refractivity contribution >= 4 is 5.78 Å². The largest absolute Gasteiger partial charge is 0.490 e. The topological polar surface area (TPSA) is 26.3 Å². The van der Waals surface area contributed by atoms with Gasteiger partial charge < -0.3 is 4.74 Å². The van der Waals surface area contributed by atoms with Crippen LogP contribution >= 0.6 is 0 Å². The van der Waals surface area contributed by atoms with Gasteiger partial charge in [-0.3, -0.25) is 4.79 Å². The van der Waals surface area contributed by atoms with E-state index in [0.717, 1.165) is 24.2 Å². The highest BCUT2D eigenvalue weighted by Crippen LogP contribution is 2.32. The van der Waals surface area contributed by atoms with Gasteiger partial charge in [-0.1, -0.05) is 13.3 Å². The maximum absolute atomic E-state index is 11.8. The number of ketones is 1. The number of ether oxygens (including phenoxy) is 1. The lowest BCUT2D eigenvalue weighted by molar-refractivity contribution is 0.0901. The molecular weight excluding hydrogens is 248 g/mol. The van der Waals surface area contributed by atoms with Crippen molar-refractivity contribution in [3.8, 4) is 5.75 Å². The third-order valence-electron chi connectivity index (χ3n) is 4.88. The van der Waals surface area contributed by atoms with Gasteiger partial charge >= 0.3 is 0 Å². The van der Waals surface area contributed by atoms with Gasteiger partial charge in [-0.15, -0.1) is 0 Å². The summed E-state index contributed by atoms with van der Waals surface area (Å²) < 4.78 is 6.25. The lowest BCUT2D eigenvalue weighted by atomic mass is 9.84. The highest BCUT2D eigenvalue weighted by Gasteiger charge is 2.26. The number of rotatable bonds is 3. The Kier molecular flexibility index (Phi) is 4.09. The van der Waals surface area contributed by atoms with Crippen LogP contribution in [0.2, 0.25) is 0 Å². The van der Waals surface area contributed by atoms with Crippen molar-refractivity contribution in [2.75, 3.05) is 0 Å². The molecule has 0 saturated heterocycles. The molecular formula is C18H24O2. The standard InChI is InChI=1S/C18H24O2/c1-2-13-6-3-4-9-18(13)20-15-10-11-16-14(12-15)7-5-8-17(16)19/h10-13,18H,2-9H2,1H3. The highest BCUT2D eigenvalue weighted by atomic mass is 16.5. The number of hydrogen-bond donors (Lipinski definition) is 0. The minimum absolute atomic E-state index is 0.293. The van der Waals surface area contributed by atoms with E-state index < -0.39 is 0 Å². The molecule has 3 rings (SSSR count). The monoisotopic (exact) mass is 272 g/mol. The van der Waals surface area contributed by atoms with Gasteiger partial charge in [0.05, 0.1) is 0 Å². The first-order chi connectivity index (χ1) is 9.78. The molecule has 1 fully saturated rings. The van der Waals surface area contributed by atoms with E-state index in [-0.39, 0.29) is 0 Å². The molecule has 1 aromatic carbocycles. The molecule has 0 spiro atoms. The molecule has 2 atom stereocenters. The van der Waals surface area contributed by atoms with E-state index in [1.54, 1.807) is 0 Å². The predicted octanol–water partition coefficient (Wildman–Crippen LogP) is 4.55. The molecule has 108 valence electrons. The molecule has 2 aliphatic carbocycles. The summed E-state index contributed by atoms with van der Waals surface area (Å²) in [6.45, 7) is 2.26. The van der Waals surface area contributed by atoms with E-state index >= 15 is 0 Å². The molecule has 0 aromatic heterocycles. The molecule has 20 heavy (non-hydrogen) atoms. The summed E-state index contributed by atoms with van der Waals surface area (Å²) in [5.74, 6) is 1.95. The molecule has 0 heterocycles. The van der Waals surface area contributed by atoms with Gasteiger partial charge in [-0.25, -0.2) is 0 Å². The van der Waals surface area contributed by atoms with Crippen LogP contribution in [-0.2, 0) is 6.42 Å². The third kappa shape index (κ3) is 2.74. The molecule has 1 saturated carbocycles. The molecule has 0 bridgehead atoms. The van der Waals surface area contributed by atoms with E-state index in [1.165, 1.54) is 37.7 Å². The second-order valence-corrected chi connectivity index (χ2v) is 6.20. The first kappa shape index (κ1) is 13.7. The van der Waals surface area contributed by atoms with E-state index in [9.17, 15) is 4.79 Å². The SMILES string of the molecule is CCC1CCCCC1Oc1ccc2c(c1)CCCC2=O. The van der Waals surface area contributed by atoms with Crippen LogP contribution in [0.15, 0.2) is 18.2 Å². The number of Topliss-reactive ketones (excluding diaryl/α,β-unsaturated/α-hetero) is 1. The van der Waals surface area contributed by atoms with Crippen molar-refractivity contribution in [3.05, 3.63) is 29.3 Å². The quantitative estimate of drug-likeness (QED) is 0.806. The van der Waals surface area contributed by atoms with Gasteiger partial charge in [0, 0.05) is 12.0 Å². The summed E-state index contributed by atoms with van der Waals surface area (Å²) in [6.07, 6.45) is 9.37. The van der Waals surface area contributed by atoms with Crippen LogP contribution in [0.1, 0.15) is 67.8 Å². The van der Waals surface area contributed by atoms with Gasteiger partial charge in [0.15, 0.2) is 5.78 Å². The normalized spacial score (nSPS) is 26.1. The Morgan fingerprint density at radius 2 is 2.00 bits per heavy atom. The maximum atomic E-state index is 11.8. The first-order valence-corrected chi connectivity index (χ1v) is 8.10. The van der Waals surface area contributed by atoms with Gasteiger partial charge in [0.1, 0.15) is 11.9 Å². The van der Waals surface area contributed by atoms with Crippen molar-refractivity contribution in [2.24, 2.45) is 5.92 Å². The van der Waals surface area contributed by atoms with Crippen molar-refractivity contribution in [1.82, 2.24) is 0 Å². The number of carbonyl (C=O) groups is 1. The molecule has 2 unspecified atom stereocenters. The van der Waals surface area contributed by atoms with Crippen LogP contribution in [0.5, 0.6) is 5.75 Å². The Morgan fingerprint density at radius 1 is 1.15 bits per heavy atom. The smallest absolute Gasteiger partial charge is 0.163 e. The van der Waals surface area contributed by atoms with Crippen LogP contribution in [0.3, 0.4) is 0 Å². The van der Waals surface area contributed by atoms with Crippen LogP contribution < -0.4 is 4.74 Å². The Morgan fingerprint density at radius 3 is 2.85 bits per heavy atom. The van der Waals surface area contributed by atoms with Crippen molar-refractivity contribution in [1.29, 1.82) is 0 Å². The molecule has 0 amide bonds. The fourth-order valence-corrected chi connectivity index (χ4v) is 3.67. The van der Waals surface area contributed by atoms with E-state index in [0.29, 0.717) is 24.2 Å². The fraction of sp³-hybridized carbons (Fsp3) is 0.611. The summed E-state index contributed by atoms with van der Waals surface area (Å²) in [5, 5.41) is 0. The zero-order chi connectivity index (χ0) is 13.9. The van der Waals surface area contributed by atoms with Crippen LogP contribution in [-0.4, -0.2) is 11.9 Å².